The van der Waals surface area contributed by atoms with E-state index < -0.39 is 0 Å². The van der Waals surface area contributed by atoms with E-state index in [-0.39, 0.29) is 0 Å². The molecule has 0 saturated heterocycles. The summed E-state index contributed by atoms with van der Waals surface area (Å²) in [5.41, 5.74) is 6.69. The summed E-state index contributed by atoms with van der Waals surface area (Å²) < 4.78 is 6.48. The summed E-state index contributed by atoms with van der Waals surface area (Å²) in [6, 6.07) is 6.19. The van der Waals surface area contributed by atoms with Crippen molar-refractivity contribution in [2.45, 2.75) is 6.54 Å². The number of fused-ring (bicyclic) bond motifs is 1. The summed E-state index contributed by atoms with van der Waals surface area (Å²) >= 11 is 1.69. The van der Waals surface area contributed by atoms with Crippen molar-refractivity contribution in [3.63, 3.8) is 0 Å². The van der Waals surface area contributed by atoms with E-state index in [1.165, 1.54) is 10.1 Å². The number of rotatable bonds is 2. The van der Waals surface area contributed by atoms with Gasteiger partial charge in [-0.05, 0) is 34.5 Å². The van der Waals surface area contributed by atoms with Crippen LogP contribution in [-0.4, -0.2) is 7.11 Å². The minimum absolute atomic E-state index is 0.558. The van der Waals surface area contributed by atoms with Gasteiger partial charge in [0.05, 0.1) is 11.8 Å². The van der Waals surface area contributed by atoms with Crippen molar-refractivity contribution >= 4 is 21.4 Å². The molecule has 3 heteroatoms. The van der Waals surface area contributed by atoms with Gasteiger partial charge in [0.15, 0.2) is 0 Å². The van der Waals surface area contributed by atoms with E-state index in [0.717, 1.165) is 11.3 Å². The Labute approximate surface area is 80.9 Å². The predicted octanol–water partition coefficient (Wildman–Crippen LogP) is 2.37. The first-order valence-electron chi connectivity index (χ1n) is 4.09. The van der Waals surface area contributed by atoms with E-state index >= 15 is 0 Å². The lowest BCUT2D eigenvalue weighted by molar-refractivity contribution is 0.420. The van der Waals surface area contributed by atoms with Crippen LogP contribution in [0.1, 0.15) is 5.56 Å². The van der Waals surface area contributed by atoms with Crippen molar-refractivity contribution < 1.29 is 4.74 Å². The fourth-order valence-corrected chi connectivity index (χ4v) is 2.25. The molecule has 0 aliphatic heterocycles. The molecule has 2 N–H and O–H groups in total. The maximum absolute atomic E-state index is 5.58. The molecule has 0 radical (unpaired) electrons. The Morgan fingerprint density at radius 1 is 1.46 bits per heavy atom. The Hall–Kier alpha value is -1.06. The van der Waals surface area contributed by atoms with Crippen molar-refractivity contribution in [1.82, 2.24) is 0 Å². The molecular formula is C10H11NOS. The van der Waals surface area contributed by atoms with Crippen LogP contribution in [0.25, 0.3) is 10.1 Å². The Balaban J connectivity index is 2.70. The van der Waals surface area contributed by atoms with Gasteiger partial charge in [0.25, 0.3) is 0 Å². The molecule has 0 aliphatic carbocycles. The minimum Gasteiger partial charge on any atom is -0.495 e. The molecule has 2 aromatic rings. The maximum atomic E-state index is 5.58. The monoisotopic (exact) mass is 193 g/mol. The third-order valence-electron chi connectivity index (χ3n) is 2.03. The summed E-state index contributed by atoms with van der Waals surface area (Å²) in [7, 11) is 1.69. The quantitative estimate of drug-likeness (QED) is 0.794. The van der Waals surface area contributed by atoms with Crippen molar-refractivity contribution in [2.24, 2.45) is 5.73 Å². The van der Waals surface area contributed by atoms with Gasteiger partial charge in [-0.25, -0.2) is 0 Å². The lowest BCUT2D eigenvalue weighted by atomic mass is 10.1. The molecular weight excluding hydrogens is 182 g/mol. The Kier molecular flexibility index (Phi) is 2.20. The normalized spacial score (nSPS) is 10.6. The number of hydrogen-bond acceptors (Lipinski definition) is 3. The summed E-state index contributed by atoms with van der Waals surface area (Å²) in [5.74, 6) is 0.924. The number of hydrogen-bond donors (Lipinski definition) is 1. The van der Waals surface area contributed by atoms with Gasteiger partial charge in [-0.2, -0.15) is 0 Å². The fourth-order valence-electron chi connectivity index (χ4n) is 1.38. The topological polar surface area (TPSA) is 35.2 Å². The Morgan fingerprint density at radius 3 is 3.00 bits per heavy atom. The zero-order valence-electron chi connectivity index (χ0n) is 7.41. The van der Waals surface area contributed by atoms with E-state index in [1.54, 1.807) is 18.4 Å². The SMILES string of the molecule is COc1cc(CN)cc2ccsc12. The van der Waals surface area contributed by atoms with Crippen molar-refractivity contribution in [3.8, 4) is 5.75 Å². The second kappa shape index (κ2) is 3.36. The molecule has 0 saturated carbocycles. The fraction of sp³-hybridized carbons (Fsp3) is 0.200. The molecule has 0 bridgehead atoms. The summed E-state index contributed by atoms with van der Waals surface area (Å²) in [6.45, 7) is 0.558. The number of ether oxygens (including phenoxy) is 1. The van der Waals surface area contributed by atoms with E-state index in [2.05, 4.69) is 17.5 Å². The van der Waals surface area contributed by atoms with Gasteiger partial charge in [0.1, 0.15) is 5.75 Å². The molecule has 1 aromatic carbocycles. The number of methoxy groups -OCH3 is 1. The molecule has 13 heavy (non-hydrogen) atoms. The Bertz CT molecular complexity index is 422. The molecule has 0 atom stereocenters. The van der Waals surface area contributed by atoms with Crippen LogP contribution in [0.15, 0.2) is 23.6 Å². The van der Waals surface area contributed by atoms with Gasteiger partial charge in [0.2, 0.25) is 0 Å². The van der Waals surface area contributed by atoms with Crippen LogP contribution in [-0.2, 0) is 6.54 Å². The van der Waals surface area contributed by atoms with Crippen LogP contribution in [0.4, 0.5) is 0 Å². The van der Waals surface area contributed by atoms with Gasteiger partial charge in [-0.15, -0.1) is 11.3 Å². The molecule has 0 aliphatic rings. The van der Waals surface area contributed by atoms with E-state index in [0.29, 0.717) is 6.54 Å². The largest absolute Gasteiger partial charge is 0.495 e. The first-order valence-corrected chi connectivity index (χ1v) is 4.97. The maximum Gasteiger partial charge on any atom is 0.136 e. The van der Waals surface area contributed by atoms with Gasteiger partial charge in [-0.3, -0.25) is 0 Å². The van der Waals surface area contributed by atoms with Crippen LogP contribution in [0.5, 0.6) is 5.75 Å². The van der Waals surface area contributed by atoms with Gasteiger partial charge >= 0.3 is 0 Å². The average molecular weight is 193 g/mol. The Morgan fingerprint density at radius 2 is 2.31 bits per heavy atom. The van der Waals surface area contributed by atoms with Crippen molar-refractivity contribution in [3.05, 3.63) is 29.1 Å². The summed E-state index contributed by atoms with van der Waals surface area (Å²) in [5, 5.41) is 3.28. The smallest absolute Gasteiger partial charge is 0.136 e. The molecule has 0 fully saturated rings. The predicted molar refractivity (Wildman–Crippen MR) is 56.3 cm³/mol. The van der Waals surface area contributed by atoms with Crippen LogP contribution in [0.2, 0.25) is 0 Å². The first kappa shape index (κ1) is 8.53. The molecule has 2 rings (SSSR count). The second-order valence-corrected chi connectivity index (χ2v) is 3.76. The molecule has 0 spiro atoms. The number of thiophene rings is 1. The van der Waals surface area contributed by atoms with Gasteiger partial charge < -0.3 is 10.5 Å². The van der Waals surface area contributed by atoms with Crippen LogP contribution < -0.4 is 10.5 Å². The first-order chi connectivity index (χ1) is 6.35. The highest BCUT2D eigenvalue weighted by molar-refractivity contribution is 7.17. The lowest BCUT2D eigenvalue weighted by Gasteiger charge is -2.04. The third-order valence-corrected chi connectivity index (χ3v) is 2.98. The highest BCUT2D eigenvalue weighted by Crippen LogP contribution is 2.31. The van der Waals surface area contributed by atoms with Gasteiger partial charge in [0, 0.05) is 6.54 Å². The highest BCUT2D eigenvalue weighted by atomic mass is 32.1. The molecule has 0 unspecified atom stereocenters. The van der Waals surface area contributed by atoms with Crippen molar-refractivity contribution in [2.75, 3.05) is 7.11 Å². The van der Waals surface area contributed by atoms with Crippen LogP contribution >= 0.6 is 11.3 Å². The molecule has 1 aromatic heterocycles. The number of benzene rings is 1. The second-order valence-electron chi connectivity index (χ2n) is 2.84. The lowest BCUT2D eigenvalue weighted by Crippen LogP contribution is -1.96. The van der Waals surface area contributed by atoms with Crippen molar-refractivity contribution in [1.29, 1.82) is 0 Å². The minimum atomic E-state index is 0.558. The number of nitrogens with two attached hydrogens (primary N) is 1. The van der Waals surface area contributed by atoms with Gasteiger partial charge in [-0.1, -0.05) is 0 Å². The molecule has 0 amide bonds. The standard InChI is InChI=1S/C10H11NOS/c1-12-9-5-7(6-11)4-8-2-3-13-10(8)9/h2-5H,6,11H2,1H3. The van der Waals surface area contributed by atoms with E-state index in [1.807, 2.05) is 6.07 Å². The highest BCUT2D eigenvalue weighted by Gasteiger charge is 2.04. The van der Waals surface area contributed by atoms with Crippen LogP contribution in [0, 0.1) is 0 Å². The zero-order chi connectivity index (χ0) is 9.26. The van der Waals surface area contributed by atoms with E-state index in [9.17, 15) is 0 Å². The summed E-state index contributed by atoms with van der Waals surface area (Å²) in [6.07, 6.45) is 0. The third kappa shape index (κ3) is 1.41. The molecule has 1 heterocycles. The molecule has 2 nitrogen and oxygen atoms in total. The van der Waals surface area contributed by atoms with Crippen LogP contribution in [0.3, 0.4) is 0 Å². The average Bonchev–Trinajstić information content (AvgIpc) is 2.63. The van der Waals surface area contributed by atoms with E-state index in [4.69, 9.17) is 10.5 Å². The summed E-state index contributed by atoms with van der Waals surface area (Å²) in [4.78, 5) is 0. The zero-order valence-corrected chi connectivity index (χ0v) is 8.23. The molecule has 68 valence electrons.